The maximum Gasteiger partial charge on any atom is 0.326 e. The number of nitrogens with two attached hydrogens (primary N) is 2. The van der Waals surface area contributed by atoms with Crippen molar-refractivity contribution in [3.8, 4) is 5.75 Å². The van der Waals surface area contributed by atoms with Gasteiger partial charge >= 0.3 is 17.9 Å². The monoisotopic (exact) mass is 631 g/mol. The molecule has 0 aliphatic carbocycles. The Morgan fingerprint density at radius 3 is 1.66 bits per heavy atom. The van der Waals surface area contributed by atoms with Gasteiger partial charge in [0.15, 0.2) is 0 Å². The molecule has 1 aromatic rings. The number of carboxylic acids is 2. The minimum Gasteiger partial charge on any atom is -0.506 e. The van der Waals surface area contributed by atoms with Gasteiger partial charge in [0, 0.05) is 12.8 Å². The Morgan fingerprint density at radius 1 is 0.841 bits per heavy atom. The number of aliphatic hydroxyl groups is 3. The Morgan fingerprint density at radius 2 is 1.30 bits per heavy atom. The number of aliphatic carboxylic acids is 2. The van der Waals surface area contributed by atoms with Crippen molar-refractivity contribution in [2.75, 3.05) is 6.61 Å². The molecule has 8 atom stereocenters. The SMILES string of the molecule is CC(=O)OCC(O)C(O)C(N)C(=O)NC(C(=O)O)C(C)C.CC(C)C(NC(=O)C(N)C(C)C(O)c1ccc(O)cn1)C(=O)O. The van der Waals surface area contributed by atoms with Crippen molar-refractivity contribution in [3.05, 3.63) is 24.0 Å². The lowest BCUT2D eigenvalue weighted by atomic mass is 9.92. The third kappa shape index (κ3) is 13.2. The highest BCUT2D eigenvalue weighted by molar-refractivity contribution is 5.88. The lowest BCUT2D eigenvalue weighted by Crippen LogP contribution is -2.57. The average molecular weight is 632 g/mol. The van der Waals surface area contributed by atoms with E-state index in [1.54, 1.807) is 34.6 Å². The summed E-state index contributed by atoms with van der Waals surface area (Å²) in [6.45, 7) is 8.68. The van der Waals surface area contributed by atoms with Gasteiger partial charge in [0.2, 0.25) is 11.8 Å². The van der Waals surface area contributed by atoms with E-state index in [0.29, 0.717) is 0 Å². The van der Waals surface area contributed by atoms with Crippen molar-refractivity contribution >= 4 is 29.7 Å². The summed E-state index contributed by atoms with van der Waals surface area (Å²) >= 11 is 0. The van der Waals surface area contributed by atoms with Gasteiger partial charge in [0.25, 0.3) is 0 Å². The van der Waals surface area contributed by atoms with Crippen molar-refractivity contribution in [1.29, 1.82) is 0 Å². The second-order valence-electron chi connectivity index (χ2n) is 10.8. The third-order valence-corrected chi connectivity index (χ3v) is 6.42. The van der Waals surface area contributed by atoms with Crippen LogP contribution in [0, 0.1) is 17.8 Å². The number of nitrogens with one attached hydrogen (secondary N) is 2. The third-order valence-electron chi connectivity index (χ3n) is 6.42. The van der Waals surface area contributed by atoms with Crippen LogP contribution in [0.15, 0.2) is 18.3 Å². The summed E-state index contributed by atoms with van der Waals surface area (Å²) in [5, 5.41) is 61.2. The molecule has 17 heteroatoms. The van der Waals surface area contributed by atoms with E-state index in [4.69, 9.17) is 21.7 Å². The van der Waals surface area contributed by atoms with Crippen molar-refractivity contribution in [3.63, 3.8) is 0 Å². The molecule has 0 aliphatic heterocycles. The van der Waals surface area contributed by atoms with E-state index in [1.165, 1.54) is 18.3 Å². The van der Waals surface area contributed by atoms with Gasteiger partial charge in [-0.25, -0.2) is 9.59 Å². The molecular formula is C27H45N5O12. The van der Waals surface area contributed by atoms with Crippen molar-refractivity contribution < 1.29 is 59.3 Å². The quantitative estimate of drug-likeness (QED) is 0.0921. The summed E-state index contributed by atoms with van der Waals surface area (Å²) in [5.41, 5.74) is 11.6. The largest absolute Gasteiger partial charge is 0.506 e. The van der Waals surface area contributed by atoms with Crippen LogP contribution in [0.1, 0.15) is 53.3 Å². The molecule has 2 amide bonds. The number of aromatic nitrogens is 1. The Labute approximate surface area is 254 Å². The Kier molecular flexibility index (Phi) is 17.0. The standard InChI is InChI=1S/C15H23N3O5.C12H22N2O7/c1-7(2)12(15(22)23)18-14(21)11(16)8(3)13(20)10-5-4-9(19)6-17-10;1-5(2)9(12(19)20)14-11(18)8(13)10(17)7(16)4-21-6(3)15/h4-8,11-13,19-20H,16H2,1-3H3,(H,18,21)(H,22,23);5,7-10,16-17H,4,13H2,1-3H3,(H,14,18)(H,19,20). The van der Waals surface area contributed by atoms with E-state index >= 15 is 0 Å². The molecule has 0 aromatic carbocycles. The van der Waals surface area contributed by atoms with Crippen molar-refractivity contribution in [2.24, 2.45) is 29.2 Å². The number of aromatic hydroxyl groups is 1. The molecule has 8 unspecified atom stereocenters. The number of amides is 2. The highest BCUT2D eigenvalue weighted by Gasteiger charge is 2.34. The number of carbonyl (C=O) groups excluding carboxylic acids is 3. The first-order valence-electron chi connectivity index (χ1n) is 13.6. The van der Waals surface area contributed by atoms with Crippen LogP contribution in [0.2, 0.25) is 0 Å². The van der Waals surface area contributed by atoms with Gasteiger partial charge in [0.05, 0.1) is 17.9 Å². The molecule has 17 nitrogen and oxygen atoms in total. The molecule has 0 saturated carbocycles. The summed E-state index contributed by atoms with van der Waals surface area (Å²) in [7, 11) is 0. The summed E-state index contributed by atoms with van der Waals surface area (Å²) in [5.74, 6) is -6.06. The van der Waals surface area contributed by atoms with Crippen LogP contribution in [0.25, 0.3) is 0 Å². The maximum absolute atomic E-state index is 12.1. The topological polar surface area (TPSA) is 305 Å². The highest BCUT2D eigenvalue weighted by Crippen LogP contribution is 2.23. The van der Waals surface area contributed by atoms with E-state index in [1.807, 2.05) is 0 Å². The molecule has 12 N–H and O–H groups in total. The fourth-order valence-corrected chi connectivity index (χ4v) is 3.50. The normalized spacial score (nSPS) is 16.6. The zero-order chi connectivity index (χ0) is 34.5. The first-order valence-corrected chi connectivity index (χ1v) is 13.6. The zero-order valence-electron chi connectivity index (χ0n) is 25.4. The van der Waals surface area contributed by atoms with Crippen LogP contribution in [-0.4, -0.2) is 108 Å². The Bertz CT molecular complexity index is 1100. The summed E-state index contributed by atoms with van der Waals surface area (Å²) in [6.07, 6.45) is -3.21. The fourth-order valence-electron chi connectivity index (χ4n) is 3.50. The molecule has 44 heavy (non-hydrogen) atoms. The number of nitrogens with zero attached hydrogens (tertiary/aromatic N) is 1. The van der Waals surface area contributed by atoms with E-state index in [9.17, 15) is 44.4 Å². The lowest BCUT2D eigenvalue weighted by Gasteiger charge is -2.26. The van der Waals surface area contributed by atoms with Gasteiger partial charge in [-0.05, 0) is 24.0 Å². The minimum absolute atomic E-state index is 0.0446. The fraction of sp³-hybridized carbons (Fsp3) is 0.630. The summed E-state index contributed by atoms with van der Waals surface area (Å²) in [6, 6.07) is -2.10. The van der Waals surface area contributed by atoms with Crippen molar-refractivity contribution in [1.82, 2.24) is 15.6 Å². The second kappa shape index (κ2) is 18.7. The van der Waals surface area contributed by atoms with E-state index in [0.717, 1.165) is 6.92 Å². The molecule has 1 rings (SSSR count). The molecule has 0 bridgehead atoms. The molecule has 0 aliphatic rings. The van der Waals surface area contributed by atoms with Gasteiger partial charge in [-0.3, -0.25) is 19.4 Å². The zero-order valence-corrected chi connectivity index (χ0v) is 25.4. The predicted molar refractivity (Wildman–Crippen MR) is 153 cm³/mol. The number of esters is 1. The highest BCUT2D eigenvalue weighted by atomic mass is 16.5. The van der Waals surface area contributed by atoms with Gasteiger partial charge in [0.1, 0.15) is 48.8 Å². The number of hydrogen-bond donors (Lipinski definition) is 10. The maximum atomic E-state index is 12.1. The Hall–Kier alpha value is -3.90. The number of aliphatic hydroxyl groups excluding tert-OH is 3. The molecule has 0 saturated heterocycles. The van der Waals surface area contributed by atoms with E-state index < -0.39 is 84.7 Å². The first kappa shape index (κ1) is 40.1. The van der Waals surface area contributed by atoms with Crippen molar-refractivity contribution in [2.45, 2.75) is 84.0 Å². The van der Waals surface area contributed by atoms with Gasteiger partial charge in [-0.2, -0.15) is 0 Å². The number of pyridine rings is 1. The molecule has 0 spiro atoms. The van der Waals surface area contributed by atoms with Crippen LogP contribution in [0.5, 0.6) is 5.75 Å². The van der Waals surface area contributed by atoms with E-state index in [2.05, 4.69) is 20.4 Å². The smallest absolute Gasteiger partial charge is 0.326 e. The summed E-state index contributed by atoms with van der Waals surface area (Å²) in [4.78, 5) is 60.4. The molecule has 1 heterocycles. The molecule has 0 fully saturated rings. The number of hydrogen-bond acceptors (Lipinski definition) is 13. The van der Waals surface area contributed by atoms with Gasteiger partial charge < -0.3 is 57.5 Å². The number of ether oxygens (including phenoxy) is 1. The molecule has 250 valence electrons. The minimum atomic E-state index is -1.70. The molecule has 1 aromatic heterocycles. The van der Waals surface area contributed by atoms with Gasteiger partial charge in [-0.15, -0.1) is 0 Å². The van der Waals surface area contributed by atoms with Crippen LogP contribution < -0.4 is 22.1 Å². The molecular weight excluding hydrogens is 586 g/mol. The number of carboxylic acid groups (broad SMARTS) is 2. The summed E-state index contributed by atoms with van der Waals surface area (Å²) < 4.78 is 4.48. The predicted octanol–water partition coefficient (Wildman–Crippen LogP) is -2.17. The van der Waals surface area contributed by atoms with E-state index in [-0.39, 0.29) is 23.3 Å². The average Bonchev–Trinajstić information content (AvgIpc) is 2.94. The molecule has 0 radical (unpaired) electrons. The van der Waals surface area contributed by atoms with Crippen LogP contribution >= 0.6 is 0 Å². The first-order chi connectivity index (χ1) is 20.2. The number of carbonyl (C=O) groups is 5. The van der Waals surface area contributed by atoms with Gasteiger partial charge in [-0.1, -0.05) is 34.6 Å². The van der Waals surface area contributed by atoms with Crippen LogP contribution in [-0.2, 0) is 28.7 Å². The van der Waals surface area contributed by atoms with Crippen LogP contribution in [0.4, 0.5) is 0 Å². The second-order valence-corrected chi connectivity index (χ2v) is 10.8. The van der Waals surface area contributed by atoms with Crippen LogP contribution in [0.3, 0.4) is 0 Å². The number of rotatable bonds is 15. The Balaban J connectivity index is 0.000000845. The lowest BCUT2D eigenvalue weighted by molar-refractivity contribution is -0.148.